The predicted molar refractivity (Wildman–Crippen MR) is 123 cm³/mol. The fourth-order valence-electron chi connectivity index (χ4n) is 6.10. The molecule has 1 nitrogen and oxygen atoms in total. The van der Waals surface area contributed by atoms with E-state index in [1.165, 1.54) is 89.0 Å². The van der Waals surface area contributed by atoms with Gasteiger partial charge >= 0.3 is 0 Å². The summed E-state index contributed by atoms with van der Waals surface area (Å²) in [6, 6.07) is 11.0. The largest absolute Gasteiger partial charge is 0.491 e. The average Bonchev–Trinajstić information content (AvgIpc) is 2.79. The number of fused-ring (bicyclic) bond motifs is 1. The Hall–Kier alpha value is -1.90. The molecule has 2 saturated carbocycles. The molecule has 0 aliphatic heterocycles. The molecule has 0 bridgehead atoms. The van der Waals surface area contributed by atoms with Crippen molar-refractivity contribution in [2.45, 2.75) is 77.0 Å². The second-order valence-corrected chi connectivity index (χ2v) is 9.80. The Balaban J connectivity index is 1.38. The van der Waals surface area contributed by atoms with E-state index in [9.17, 15) is 8.78 Å². The van der Waals surface area contributed by atoms with Crippen LogP contribution in [-0.2, 0) is 0 Å². The van der Waals surface area contributed by atoms with Crippen molar-refractivity contribution in [3.63, 3.8) is 0 Å². The molecule has 3 heteroatoms. The van der Waals surface area contributed by atoms with E-state index < -0.39 is 11.6 Å². The van der Waals surface area contributed by atoms with Crippen molar-refractivity contribution in [3.05, 3.63) is 53.6 Å². The summed E-state index contributed by atoms with van der Waals surface area (Å²) in [6.45, 7) is 2.29. The molecule has 2 aromatic carbocycles. The Morgan fingerprint density at radius 2 is 1.52 bits per heavy atom. The zero-order valence-corrected chi connectivity index (χ0v) is 19.0. The van der Waals surface area contributed by atoms with E-state index in [2.05, 4.69) is 19.1 Å². The molecule has 4 rings (SSSR count). The molecule has 0 saturated heterocycles. The van der Waals surface area contributed by atoms with E-state index in [-0.39, 0.29) is 5.75 Å². The lowest BCUT2D eigenvalue weighted by molar-refractivity contribution is 0.113. The molecule has 2 aromatic rings. The monoisotopic (exact) mass is 426 g/mol. The molecule has 4 atom stereocenters. The van der Waals surface area contributed by atoms with Gasteiger partial charge in [0.1, 0.15) is 0 Å². The van der Waals surface area contributed by atoms with Crippen molar-refractivity contribution in [2.24, 2.45) is 17.8 Å². The van der Waals surface area contributed by atoms with Gasteiger partial charge in [-0.2, -0.15) is 0 Å². The number of unbranched alkanes of at least 4 members (excludes halogenated alkanes) is 2. The molecule has 2 aliphatic rings. The van der Waals surface area contributed by atoms with Crippen molar-refractivity contribution < 1.29 is 13.5 Å². The predicted octanol–water partition coefficient (Wildman–Crippen LogP) is 8.52. The summed E-state index contributed by atoms with van der Waals surface area (Å²) >= 11 is 0. The summed E-state index contributed by atoms with van der Waals surface area (Å²) < 4.78 is 32.9. The number of rotatable bonds is 7. The molecular weight excluding hydrogens is 390 g/mol. The molecule has 0 heterocycles. The molecule has 0 radical (unpaired) electrons. The van der Waals surface area contributed by atoms with Gasteiger partial charge in [0.05, 0.1) is 7.11 Å². The maximum atomic E-state index is 14.1. The lowest BCUT2D eigenvalue weighted by Gasteiger charge is -2.42. The van der Waals surface area contributed by atoms with Crippen LogP contribution in [-0.4, -0.2) is 7.11 Å². The molecule has 0 amide bonds. The van der Waals surface area contributed by atoms with E-state index >= 15 is 0 Å². The van der Waals surface area contributed by atoms with Crippen LogP contribution < -0.4 is 4.74 Å². The summed E-state index contributed by atoms with van der Waals surface area (Å²) in [5.41, 5.74) is 2.76. The topological polar surface area (TPSA) is 9.23 Å². The highest BCUT2D eigenvalue weighted by atomic mass is 19.1. The van der Waals surface area contributed by atoms with E-state index in [0.29, 0.717) is 11.5 Å². The highest BCUT2D eigenvalue weighted by Gasteiger charge is 2.35. The smallest absolute Gasteiger partial charge is 0.190 e. The fraction of sp³-hybridized carbons (Fsp3) is 0.571. The second-order valence-electron chi connectivity index (χ2n) is 9.80. The highest BCUT2D eigenvalue weighted by molar-refractivity contribution is 5.65. The Morgan fingerprint density at radius 1 is 0.839 bits per heavy atom. The number of hydrogen-bond acceptors (Lipinski definition) is 1. The first kappa shape index (κ1) is 22.3. The SMILES string of the molecule is CCCCCC1CC[C@@H]2C[C@H](c3ccc(-c4cc(F)c(OC)c(F)c4)cc3)CC[C@@H]2C1. The first-order chi connectivity index (χ1) is 15.1. The zero-order valence-electron chi connectivity index (χ0n) is 19.0. The standard InChI is InChI=1S/C28H36F2O/c1-3-4-5-6-19-7-8-24-16-23(14-13-22(24)15-19)20-9-11-21(12-10-20)25-17-26(29)28(31-2)27(30)18-25/h9-12,17-19,22-24H,3-8,13-16H2,1-2H3/t19?,22-,23-,24-/m1/s1. The van der Waals surface area contributed by atoms with Gasteiger partial charge in [0.25, 0.3) is 0 Å². The number of hydrogen-bond donors (Lipinski definition) is 0. The molecule has 0 aromatic heterocycles. The van der Waals surface area contributed by atoms with Crippen LogP contribution >= 0.6 is 0 Å². The molecule has 2 fully saturated rings. The van der Waals surface area contributed by atoms with Crippen LogP contribution in [0.25, 0.3) is 11.1 Å². The Labute approximate surface area is 186 Å². The van der Waals surface area contributed by atoms with Gasteiger partial charge in [-0.15, -0.1) is 0 Å². The molecule has 31 heavy (non-hydrogen) atoms. The van der Waals surface area contributed by atoms with E-state index in [1.54, 1.807) is 0 Å². The number of benzene rings is 2. The van der Waals surface area contributed by atoms with Crippen molar-refractivity contribution in [2.75, 3.05) is 7.11 Å². The molecule has 2 aliphatic carbocycles. The summed E-state index contributed by atoms with van der Waals surface area (Å²) in [6.07, 6.45) is 13.8. The maximum Gasteiger partial charge on any atom is 0.190 e. The maximum absolute atomic E-state index is 14.1. The van der Waals surface area contributed by atoms with Crippen LogP contribution in [0.5, 0.6) is 5.75 Å². The van der Waals surface area contributed by atoms with Crippen molar-refractivity contribution >= 4 is 0 Å². The van der Waals surface area contributed by atoms with Crippen molar-refractivity contribution in [1.29, 1.82) is 0 Å². The second kappa shape index (κ2) is 10.1. The first-order valence-electron chi connectivity index (χ1n) is 12.2. The lowest BCUT2D eigenvalue weighted by atomic mass is 9.63. The van der Waals surface area contributed by atoms with Gasteiger partial charge in [-0.1, -0.05) is 63.3 Å². The van der Waals surface area contributed by atoms with Crippen LogP contribution in [0, 0.1) is 29.4 Å². The quantitative estimate of drug-likeness (QED) is 0.403. The van der Waals surface area contributed by atoms with Crippen LogP contribution in [0.1, 0.15) is 82.6 Å². The van der Waals surface area contributed by atoms with Gasteiger partial charge in [0.15, 0.2) is 17.4 Å². The number of ether oxygens (including phenoxy) is 1. The van der Waals surface area contributed by atoms with Gasteiger partial charge < -0.3 is 4.74 Å². The van der Waals surface area contributed by atoms with Crippen LogP contribution in [0.4, 0.5) is 8.78 Å². The van der Waals surface area contributed by atoms with Crippen molar-refractivity contribution in [1.82, 2.24) is 0 Å². The third-order valence-corrected chi connectivity index (χ3v) is 7.86. The van der Waals surface area contributed by atoms with Gasteiger partial charge in [-0.3, -0.25) is 0 Å². The average molecular weight is 427 g/mol. The molecule has 1 unspecified atom stereocenters. The highest BCUT2D eigenvalue weighted by Crippen LogP contribution is 2.48. The van der Waals surface area contributed by atoms with E-state index in [1.807, 2.05) is 12.1 Å². The van der Waals surface area contributed by atoms with Gasteiger partial charge in [-0.25, -0.2) is 8.78 Å². The number of halogens is 2. The Morgan fingerprint density at radius 3 is 2.19 bits per heavy atom. The van der Waals surface area contributed by atoms with Crippen LogP contribution in [0.2, 0.25) is 0 Å². The molecule has 0 N–H and O–H groups in total. The van der Waals surface area contributed by atoms with Crippen LogP contribution in [0.3, 0.4) is 0 Å². The minimum atomic E-state index is -0.662. The Bertz CT molecular complexity index is 837. The van der Waals surface area contributed by atoms with Gasteiger partial charge in [0.2, 0.25) is 0 Å². The summed E-state index contributed by atoms with van der Waals surface area (Å²) in [4.78, 5) is 0. The van der Waals surface area contributed by atoms with Gasteiger partial charge in [0, 0.05) is 0 Å². The fourth-order valence-corrected chi connectivity index (χ4v) is 6.10. The third-order valence-electron chi connectivity index (χ3n) is 7.86. The first-order valence-corrected chi connectivity index (χ1v) is 12.2. The minimum Gasteiger partial charge on any atom is -0.491 e. The lowest BCUT2D eigenvalue weighted by Crippen LogP contribution is -2.30. The van der Waals surface area contributed by atoms with E-state index in [4.69, 9.17) is 4.74 Å². The van der Waals surface area contributed by atoms with Gasteiger partial charge in [-0.05, 0) is 84.6 Å². The summed E-state index contributed by atoms with van der Waals surface area (Å²) in [5.74, 6) is 1.75. The van der Waals surface area contributed by atoms with Crippen molar-refractivity contribution in [3.8, 4) is 16.9 Å². The van der Waals surface area contributed by atoms with Crippen LogP contribution in [0.15, 0.2) is 36.4 Å². The minimum absolute atomic E-state index is 0.322. The normalized spacial score (nSPS) is 25.8. The Kier molecular flexibility index (Phi) is 7.30. The third kappa shape index (κ3) is 5.13. The molecular formula is C28H36F2O. The summed E-state index contributed by atoms with van der Waals surface area (Å²) in [5, 5.41) is 0. The summed E-state index contributed by atoms with van der Waals surface area (Å²) in [7, 11) is 1.28. The molecule has 0 spiro atoms. The van der Waals surface area contributed by atoms with E-state index in [0.717, 1.165) is 23.3 Å². The zero-order chi connectivity index (χ0) is 21.8. The molecule has 168 valence electrons. The number of methoxy groups -OCH3 is 1.